The summed E-state index contributed by atoms with van der Waals surface area (Å²) in [6.45, 7) is 8.79. The Morgan fingerprint density at radius 1 is 1.05 bits per heavy atom. The third-order valence-corrected chi connectivity index (χ3v) is 5.39. The van der Waals surface area contributed by atoms with Crippen LogP contribution in [0.3, 0.4) is 0 Å². The van der Waals surface area contributed by atoms with Gasteiger partial charge in [0.2, 0.25) is 0 Å². The number of pyridine rings is 1. The van der Waals surface area contributed by atoms with Crippen LogP contribution in [0.1, 0.15) is 39.8 Å². The maximum absolute atomic E-state index is 6.24. The van der Waals surface area contributed by atoms with Gasteiger partial charge in [0.05, 0.1) is 0 Å². The number of hydrogen-bond donors (Lipinski definition) is 0. The average molecular weight is 442 g/mol. The Morgan fingerprint density at radius 3 is 2.00 bits per heavy atom. The first-order valence-corrected chi connectivity index (χ1v) is 8.25. The van der Waals surface area contributed by atoms with Gasteiger partial charge < -0.3 is 24.8 Å². The molecule has 121 valence electrons. The van der Waals surface area contributed by atoms with Gasteiger partial charge in [0, 0.05) is 0 Å². The normalized spacial score (nSPS) is 10.4. The van der Waals surface area contributed by atoms with Gasteiger partial charge in [0.1, 0.15) is 0 Å². The van der Waals surface area contributed by atoms with E-state index in [1.54, 1.807) is 0 Å². The van der Waals surface area contributed by atoms with Crippen LogP contribution in [0.25, 0.3) is 0 Å². The second-order valence-corrected chi connectivity index (χ2v) is 7.09. The summed E-state index contributed by atoms with van der Waals surface area (Å²) in [6.07, 6.45) is 6.10. The van der Waals surface area contributed by atoms with E-state index in [1.165, 1.54) is 3.89 Å². The quantitative estimate of drug-likeness (QED) is 0.481. The molecule has 0 N–H and O–H groups in total. The molecule has 7 heteroatoms. The molecule has 2 aromatic heterocycles. The van der Waals surface area contributed by atoms with Gasteiger partial charge in [0.25, 0.3) is 0 Å². The fourth-order valence-electron chi connectivity index (χ4n) is 1.69. The van der Waals surface area contributed by atoms with Crippen LogP contribution >= 0.6 is 11.6 Å². The molecule has 0 saturated carbocycles. The maximum atomic E-state index is 6.24. The first-order valence-electron chi connectivity index (χ1n) is 6.32. The number of halogens is 3. The van der Waals surface area contributed by atoms with E-state index in [4.69, 9.17) is 11.6 Å². The molecular formula is C14H19Cl3N3Pd. The van der Waals surface area contributed by atoms with E-state index in [-0.39, 0.29) is 42.3 Å². The van der Waals surface area contributed by atoms with Crippen molar-refractivity contribution < 1.29 is 42.3 Å². The van der Waals surface area contributed by atoms with Gasteiger partial charge in [-0.2, -0.15) is 0 Å². The van der Waals surface area contributed by atoms with Crippen LogP contribution < -0.4 is 29.0 Å². The molecule has 0 aliphatic heterocycles. The second-order valence-electron chi connectivity index (χ2n) is 4.87. The van der Waals surface area contributed by atoms with Crippen LogP contribution in [0.2, 0.25) is 5.02 Å². The van der Waals surface area contributed by atoms with Gasteiger partial charge in [-0.3, -0.25) is 0 Å². The third kappa shape index (κ3) is 4.94. The minimum absolute atomic E-state index is 0. The molecule has 0 aliphatic rings. The molecule has 0 unspecified atom stereocenters. The molecular weight excluding hydrogens is 423 g/mol. The molecule has 0 fully saturated rings. The predicted molar refractivity (Wildman–Crippen MR) is 75.3 cm³/mol. The summed E-state index contributed by atoms with van der Waals surface area (Å²) < 4.78 is 6.88. The third-order valence-electron chi connectivity index (χ3n) is 2.73. The monoisotopic (exact) mass is 440 g/mol. The van der Waals surface area contributed by atoms with E-state index < -0.39 is 0 Å². The van der Waals surface area contributed by atoms with Crippen molar-refractivity contribution in [1.82, 2.24) is 14.1 Å². The van der Waals surface area contributed by atoms with Crippen LogP contribution in [0.5, 0.6) is 0 Å². The molecule has 3 nitrogen and oxygen atoms in total. The Labute approximate surface area is 151 Å². The molecule has 21 heavy (non-hydrogen) atoms. The van der Waals surface area contributed by atoms with Crippen LogP contribution in [-0.2, 0) is 17.5 Å². The van der Waals surface area contributed by atoms with Crippen LogP contribution in [0.4, 0.5) is 0 Å². The summed E-state index contributed by atoms with van der Waals surface area (Å²) in [5, 5.41) is 0.753. The zero-order chi connectivity index (χ0) is 14.0. The summed E-state index contributed by atoms with van der Waals surface area (Å²) >= 11 is 6.47. The standard InChI is InChI=1S/C9H16N2.C5H3ClN.2ClH.Pd/c1-8(2)10-5-6-11(7-10)9(3)4;6-5-2-1-3-7-4-5;;;/h5-6,8-9H,1-4H3;1-3H;2*1H;/q;;;;+2/p-2. The number of hydrogen-bond acceptors (Lipinski definition) is 1. The van der Waals surface area contributed by atoms with Crippen molar-refractivity contribution >= 4 is 15.8 Å². The van der Waals surface area contributed by atoms with E-state index in [1.807, 2.05) is 18.3 Å². The van der Waals surface area contributed by atoms with Gasteiger partial charge in [0.15, 0.2) is 0 Å². The number of rotatable bonds is 3. The molecule has 0 amide bonds. The Morgan fingerprint density at radius 2 is 1.57 bits per heavy atom. The number of aromatic nitrogens is 3. The van der Waals surface area contributed by atoms with E-state index in [9.17, 15) is 0 Å². The molecule has 0 aromatic carbocycles. The van der Waals surface area contributed by atoms with Crippen LogP contribution in [0, 0.1) is 3.89 Å². The summed E-state index contributed by atoms with van der Waals surface area (Å²) in [5.41, 5.74) is 0. The zero-order valence-electron chi connectivity index (χ0n) is 12.3. The van der Waals surface area contributed by atoms with E-state index >= 15 is 0 Å². The summed E-state index contributed by atoms with van der Waals surface area (Å²) in [7, 11) is 0. The SMILES string of the molecule is CC(C)n1ccn(C(C)C)[c]1=[Pd+2][c]1ncccc1Cl.[Cl-].[Cl-]. The molecule has 0 bridgehead atoms. The molecule has 2 heterocycles. The minimum atomic E-state index is 0. The Kier molecular flexibility index (Phi) is 9.08. The summed E-state index contributed by atoms with van der Waals surface area (Å²) in [4.78, 5) is 4.42. The van der Waals surface area contributed by atoms with Crippen molar-refractivity contribution in [2.75, 3.05) is 0 Å². The fourth-order valence-corrected chi connectivity index (χ4v) is 4.29. The molecule has 2 rings (SSSR count). The van der Waals surface area contributed by atoms with Crippen molar-refractivity contribution in [2.24, 2.45) is 0 Å². The molecule has 2 aromatic rings. The van der Waals surface area contributed by atoms with Gasteiger partial charge in [-0.05, 0) is 0 Å². The molecule has 0 radical (unpaired) electrons. The fraction of sp³-hybridized carbons (Fsp3) is 0.429. The summed E-state index contributed by atoms with van der Waals surface area (Å²) in [5.74, 6) is 0. The minimum Gasteiger partial charge on any atom is -1.00 e. The average Bonchev–Trinajstić information content (AvgIpc) is 2.76. The van der Waals surface area contributed by atoms with E-state index in [0.29, 0.717) is 12.1 Å². The number of nitrogens with zero attached hydrogens (tertiary/aromatic N) is 3. The molecule has 0 saturated heterocycles. The smallest absolute Gasteiger partial charge is 1.00 e. The Bertz CT molecular complexity index is 604. The van der Waals surface area contributed by atoms with Crippen LogP contribution in [0.15, 0.2) is 30.7 Å². The van der Waals surface area contributed by atoms with Crippen molar-refractivity contribution in [3.8, 4) is 0 Å². The van der Waals surface area contributed by atoms with Crippen LogP contribution in [-0.4, -0.2) is 14.1 Å². The van der Waals surface area contributed by atoms with Crippen molar-refractivity contribution in [3.63, 3.8) is 0 Å². The molecule has 0 aliphatic carbocycles. The van der Waals surface area contributed by atoms with Gasteiger partial charge in [-0.25, -0.2) is 0 Å². The summed E-state index contributed by atoms with van der Waals surface area (Å²) in [6, 6.07) is 4.66. The second kappa shape index (κ2) is 9.13. The topological polar surface area (TPSA) is 22.8 Å². The van der Waals surface area contributed by atoms with E-state index in [2.05, 4.69) is 54.2 Å². The van der Waals surface area contributed by atoms with Crippen molar-refractivity contribution in [3.05, 3.63) is 39.6 Å². The largest absolute Gasteiger partial charge is 1.00 e. The first-order chi connectivity index (χ1) is 9.00. The van der Waals surface area contributed by atoms with Gasteiger partial charge in [-0.1, -0.05) is 0 Å². The van der Waals surface area contributed by atoms with Gasteiger partial charge >= 0.3 is 127 Å². The molecule has 0 spiro atoms. The predicted octanol–water partition coefficient (Wildman–Crippen LogP) is -2.55. The Hall–Kier alpha value is -0.108. The van der Waals surface area contributed by atoms with E-state index in [0.717, 1.165) is 9.19 Å². The number of imidazole rings is 1. The van der Waals surface area contributed by atoms with Crippen molar-refractivity contribution in [1.29, 1.82) is 0 Å². The van der Waals surface area contributed by atoms with Crippen molar-refractivity contribution in [2.45, 2.75) is 39.8 Å². The maximum Gasteiger partial charge on any atom is -1.00 e. The first kappa shape index (κ1) is 20.9. The molecule has 0 atom stereocenters. The zero-order valence-corrected chi connectivity index (χ0v) is 16.2. The Balaban J connectivity index is 0.00000200. The van der Waals surface area contributed by atoms with Gasteiger partial charge in [-0.15, -0.1) is 0 Å².